The molecule has 3 heterocycles. The highest BCUT2D eigenvalue weighted by Crippen LogP contribution is 2.25. The second-order valence-corrected chi connectivity index (χ2v) is 9.47. The van der Waals surface area contributed by atoms with E-state index in [1.165, 1.54) is 10.7 Å². The van der Waals surface area contributed by atoms with Crippen molar-refractivity contribution in [2.75, 3.05) is 39.9 Å². The Labute approximate surface area is 171 Å². The number of piperidine rings is 1. The van der Waals surface area contributed by atoms with Crippen molar-refractivity contribution >= 4 is 33.3 Å². The molecule has 2 aromatic rings. The Bertz CT molecular complexity index is 1000. The number of rotatable bonds is 4. The third-order valence-corrected chi connectivity index (χ3v) is 7.23. The molecule has 1 N–H and O–H groups in total. The van der Waals surface area contributed by atoms with Gasteiger partial charge < -0.3 is 10.2 Å². The van der Waals surface area contributed by atoms with Crippen LogP contribution < -0.4 is 14.5 Å². The molecule has 8 nitrogen and oxygen atoms in total. The number of carbonyl (C=O) groups excluding carboxylic acids is 1. The summed E-state index contributed by atoms with van der Waals surface area (Å²) in [6.45, 7) is 4.20. The fraction of sp³-hybridized carbons (Fsp3) is 0.450. The number of hydrogen-bond donors (Lipinski definition) is 1. The minimum Gasteiger partial charge on any atom is -0.341 e. The van der Waals surface area contributed by atoms with Gasteiger partial charge >= 0.3 is 0 Å². The normalized spacial score (nSPS) is 18.7. The molecule has 0 bridgehead atoms. The average Bonchev–Trinajstić information content (AvgIpc) is 3.08. The fourth-order valence-corrected chi connectivity index (χ4v) is 5.33. The number of anilines is 3. The lowest BCUT2D eigenvalue weighted by Crippen LogP contribution is -2.31. The first-order chi connectivity index (χ1) is 13.9. The van der Waals surface area contributed by atoms with E-state index < -0.39 is 10.0 Å². The van der Waals surface area contributed by atoms with Gasteiger partial charge in [0.15, 0.2) is 0 Å². The van der Waals surface area contributed by atoms with Crippen LogP contribution in [0.25, 0.3) is 0 Å². The zero-order valence-corrected chi connectivity index (χ0v) is 17.3. The number of sulfonamides is 1. The van der Waals surface area contributed by atoms with E-state index in [9.17, 15) is 13.2 Å². The minimum absolute atomic E-state index is 0.179. The van der Waals surface area contributed by atoms with Crippen LogP contribution in [0.2, 0.25) is 0 Å². The van der Waals surface area contributed by atoms with Gasteiger partial charge in [0.1, 0.15) is 0 Å². The van der Waals surface area contributed by atoms with Gasteiger partial charge in [0.2, 0.25) is 16.0 Å². The number of benzene rings is 1. The molecule has 0 atom stereocenters. The number of nitrogens with one attached hydrogen (secondary N) is 1. The summed E-state index contributed by atoms with van der Waals surface area (Å²) in [7, 11) is -3.21. The number of aryl methyl sites for hydroxylation is 1. The summed E-state index contributed by atoms with van der Waals surface area (Å²) in [5.74, 6) is 0.572. The van der Waals surface area contributed by atoms with E-state index in [2.05, 4.69) is 20.2 Å². The Morgan fingerprint density at radius 1 is 1.03 bits per heavy atom. The van der Waals surface area contributed by atoms with E-state index >= 15 is 0 Å². The summed E-state index contributed by atoms with van der Waals surface area (Å²) in [5.41, 5.74) is 2.27. The maximum Gasteiger partial charge on any atom is 0.259 e. The summed E-state index contributed by atoms with van der Waals surface area (Å²) in [4.78, 5) is 23.7. The van der Waals surface area contributed by atoms with E-state index in [0.717, 1.165) is 25.9 Å². The molecule has 0 spiro atoms. The van der Waals surface area contributed by atoms with Crippen molar-refractivity contribution in [2.24, 2.45) is 0 Å². The van der Waals surface area contributed by atoms with Crippen molar-refractivity contribution < 1.29 is 13.2 Å². The van der Waals surface area contributed by atoms with Gasteiger partial charge in [-0.05, 0) is 56.9 Å². The molecule has 2 aliphatic rings. The van der Waals surface area contributed by atoms with Gasteiger partial charge in [0.25, 0.3) is 5.91 Å². The molecule has 0 unspecified atom stereocenters. The van der Waals surface area contributed by atoms with Crippen LogP contribution in [0.15, 0.2) is 30.5 Å². The number of nitrogens with zero attached hydrogens (tertiary/aromatic N) is 4. The molecular formula is C20H25N5O3S. The Morgan fingerprint density at radius 3 is 2.38 bits per heavy atom. The lowest BCUT2D eigenvalue weighted by Gasteiger charge is -2.26. The Kier molecular flexibility index (Phi) is 5.40. The predicted molar refractivity (Wildman–Crippen MR) is 113 cm³/mol. The topological polar surface area (TPSA) is 95.5 Å². The van der Waals surface area contributed by atoms with Gasteiger partial charge in [0.05, 0.1) is 22.7 Å². The summed E-state index contributed by atoms with van der Waals surface area (Å²) in [6.07, 6.45) is 5.72. The highest BCUT2D eigenvalue weighted by molar-refractivity contribution is 7.93. The van der Waals surface area contributed by atoms with E-state index in [0.29, 0.717) is 41.5 Å². The standard InChI is InChI=1S/C20H25N5O3S/c1-15-18(14-21-20(22-15)24-10-3-2-4-11-24)19(26)23-16-6-8-17(9-7-16)25-12-5-13-29(25,27)28/h6-9,14H,2-5,10-13H2,1H3,(H,23,26). The lowest BCUT2D eigenvalue weighted by atomic mass is 10.1. The zero-order valence-electron chi connectivity index (χ0n) is 16.5. The first-order valence-electron chi connectivity index (χ1n) is 9.94. The van der Waals surface area contributed by atoms with Crippen LogP contribution in [0.1, 0.15) is 41.7 Å². The average molecular weight is 416 g/mol. The third-order valence-electron chi connectivity index (χ3n) is 5.36. The van der Waals surface area contributed by atoms with Gasteiger partial charge in [-0.25, -0.2) is 18.4 Å². The van der Waals surface area contributed by atoms with E-state index in [1.807, 2.05) is 6.92 Å². The number of aromatic nitrogens is 2. The van der Waals surface area contributed by atoms with Gasteiger partial charge in [-0.15, -0.1) is 0 Å². The molecule has 0 radical (unpaired) electrons. The highest BCUT2D eigenvalue weighted by Gasteiger charge is 2.28. The molecule has 0 aliphatic carbocycles. The molecule has 2 fully saturated rings. The highest BCUT2D eigenvalue weighted by atomic mass is 32.2. The van der Waals surface area contributed by atoms with Crippen LogP contribution in [0.5, 0.6) is 0 Å². The van der Waals surface area contributed by atoms with Crippen LogP contribution in [0.4, 0.5) is 17.3 Å². The third kappa shape index (κ3) is 4.19. The molecule has 9 heteroatoms. The van der Waals surface area contributed by atoms with E-state index in [1.54, 1.807) is 30.5 Å². The van der Waals surface area contributed by atoms with Crippen LogP contribution in [-0.4, -0.2) is 49.7 Å². The molecule has 4 rings (SSSR count). The number of carbonyl (C=O) groups is 1. The molecule has 1 amide bonds. The second-order valence-electron chi connectivity index (χ2n) is 7.46. The van der Waals surface area contributed by atoms with Gasteiger partial charge in [0, 0.05) is 31.5 Å². The fourth-order valence-electron chi connectivity index (χ4n) is 3.76. The summed E-state index contributed by atoms with van der Waals surface area (Å²) < 4.78 is 25.5. The first kappa shape index (κ1) is 19.6. The first-order valence-corrected chi connectivity index (χ1v) is 11.6. The Balaban J connectivity index is 1.45. The van der Waals surface area contributed by atoms with Crippen molar-refractivity contribution in [3.63, 3.8) is 0 Å². The van der Waals surface area contributed by atoms with Crippen LogP contribution >= 0.6 is 0 Å². The molecule has 1 aromatic carbocycles. The number of hydrogen-bond acceptors (Lipinski definition) is 6. The van der Waals surface area contributed by atoms with Crippen molar-refractivity contribution in [1.82, 2.24) is 9.97 Å². The zero-order chi connectivity index (χ0) is 20.4. The maximum atomic E-state index is 12.7. The van der Waals surface area contributed by atoms with Gasteiger partial charge in [-0.3, -0.25) is 9.10 Å². The smallest absolute Gasteiger partial charge is 0.259 e. The van der Waals surface area contributed by atoms with Gasteiger partial charge in [-0.1, -0.05) is 0 Å². The van der Waals surface area contributed by atoms with E-state index in [-0.39, 0.29) is 11.7 Å². The van der Waals surface area contributed by atoms with Crippen molar-refractivity contribution in [1.29, 1.82) is 0 Å². The Hall–Kier alpha value is -2.68. The van der Waals surface area contributed by atoms with Crippen LogP contribution in [0, 0.1) is 6.92 Å². The minimum atomic E-state index is -3.21. The quantitative estimate of drug-likeness (QED) is 0.825. The van der Waals surface area contributed by atoms with E-state index in [4.69, 9.17) is 0 Å². The second kappa shape index (κ2) is 7.98. The lowest BCUT2D eigenvalue weighted by molar-refractivity contribution is 0.102. The molecule has 154 valence electrons. The van der Waals surface area contributed by atoms with Crippen molar-refractivity contribution in [3.05, 3.63) is 41.7 Å². The SMILES string of the molecule is Cc1nc(N2CCCCC2)ncc1C(=O)Nc1ccc(N2CCCS2(=O)=O)cc1. The largest absolute Gasteiger partial charge is 0.341 e. The summed E-state index contributed by atoms with van der Waals surface area (Å²) >= 11 is 0. The summed E-state index contributed by atoms with van der Waals surface area (Å²) in [6, 6.07) is 6.83. The molecular weight excluding hydrogens is 390 g/mol. The monoisotopic (exact) mass is 415 g/mol. The molecule has 29 heavy (non-hydrogen) atoms. The predicted octanol–water partition coefficient (Wildman–Crippen LogP) is 2.57. The molecule has 2 saturated heterocycles. The molecule has 2 aliphatic heterocycles. The molecule has 1 aromatic heterocycles. The van der Waals surface area contributed by atoms with Crippen molar-refractivity contribution in [3.8, 4) is 0 Å². The molecule has 0 saturated carbocycles. The number of amides is 1. The van der Waals surface area contributed by atoms with Gasteiger partial charge in [-0.2, -0.15) is 0 Å². The van der Waals surface area contributed by atoms with Crippen LogP contribution in [0.3, 0.4) is 0 Å². The maximum absolute atomic E-state index is 12.7. The Morgan fingerprint density at radius 2 is 1.76 bits per heavy atom. The van der Waals surface area contributed by atoms with Crippen LogP contribution in [-0.2, 0) is 10.0 Å². The van der Waals surface area contributed by atoms with Crippen molar-refractivity contribution in [2.45, 2.75) is 32.6 Å². The summed E-state index contributed by atoms with van der Waals surface area (Å²) in [5, 5.41) is 2.84.